The van der Waals surface area contributed by atoms with Gasteiger partial charge < -0.3 is 19.3 Å². The summed E-state index contributed by atoms with van der Waals surface area (Å²) < 4.78 is 3.96. The van der Waals surface area contributed by atoms with Crippen LogP contribution >= 0.6 is 0 Å². The molecule has 28 heavy (non-hydrogen) atoms. The molecule has 0 aliphatic carbocycles. The lowest BCUT2D eigenvalue weighted by Crippen LogP contribution is -2.03. The molecular weight excluding hydrogens is 362 g/mol. The number of carboxylic acid groups (broad SMARTS) is 2. The largest absolute Gasteiger partial charge is 0.478 e. The van der Waals surface area contributed by atoms with E-state index in [-0.39, 0.29) is 5.78 Å². The first kappa shape index (κ1) is 20.6. The standard InChI is InChI=1S/C16H17N3O.C4H4O4/c1-18-10-14(13-5-3-4-6-15(13)18)16(20)8-7-12-9-17-11-19(12)2;5-3(6)1-2-4(7)8/h3-6,9-11H,7-8H2,1-2H3;1-2H,(H,5,6)(H,7,8). The highest BCUT2D eigenvalue weighted by atomic mass is 16.4. The van der Waals surface area contributed by atoms with Crippen LogP contribution in [0.25, 0.3) is 10.9 Å². The average molecular weight is 383 g/mol. The summed E-state index contributed by atoms with van der Waals surface area (Å²) in [7, 11) is 3.92. The normalized spacial score (nSPS) is 10.6. The molecule has 0 amide bonds. The van der Waals surface area contributed by atoms with Crippen molar-refractivity contribution in [2.24, 2.45) is 14.1 Å². The number of benzene rings is 1. The van der Waals surface area contributed by atoms with Crippen molar-refractivity contribution in [3.05, 3.63) is 66.4 Å². The van der Waals surface area contributed by atoms with Gasteiger partial charge in [0.15, 0.2) is 5.78 Å². The van der Waals surface area contributed by atoms with Crippen molar-refractivity contribution >= 4 is 28.6 Å². The number of nitrogens with zero attached hydrogens (tertiary/aromatic N) is 3. The number of rotatable bonds is 6. The number of aryl methyl sites for hydroxylation is 3. The van der Waals surface area contributed by atoms with Gasteiger partial charge in [-0.15, -0.1) is 0 Å². The van der Waals surface area contributed by atoms with E-state index in [9.17, 15) is 14.4 Å². The van der Waals surface area contributed by atoms with E-state index < -0.39 is 11.9 Å². The fourth-order valence-corrected chi connectivity index (χ4v) is 2.71. The van der Waals surface area contributed by atoms with E-state index in [1.54, 1.807) is 6.33 Å². The van der Waals surface area contributed by atoms with Crippen LogP contribution in [-0.2, 0) is 30.1 Å². The first-order chi connectivity index (χ1) is 13.3. The van der Waals surface area contributed by atoms with Gasteiger partial charge in [-0.3, -0.25) is 4.79 Å². The summed E-state index contributed by atoms with van der Waals surface area (Å²) in [6, 6.07) is 8.01. The van der Waals surface area contributed by atoms with Crippen LogP contribution < -0.4 is 0 Å². The third-order valence-electron chi connectivity index (χ3n) is 4.09. The lowest BCUT2D eigenvalue weighted by Gasteiger charge is -2.01. The third-order valence-corrected chi connectivity index (χ3v) is 4.09. The highest BCUT2D eigenvalue weighted by molar-refractivity contribution is 6.08. The molecule has 8 nitrogen and oxygen atoms in total. The fraction of sp³-hybridized carbons (Fsp3) is 0.200. The number of hydrogen-bond acceptors (Lipinski definition) is 4. The van der Waals surface area contributed by atoms with E-state index in [4.69, 9.17) is 10.2 Å². The summed E-state index contributed by atoms with van der Waals surface area (Å²) in [6.07, 6.45) is 7.85. The monoisotopic (exact) mass is 383 g/mol. The number of imidazole rings is 1. The Morgan fingerprint density at radius 2 is 1.68 bits per heavy atom. The maximum Gasteiger partial charge on any atom is 0.328 e. The number of aliphatic carboxylic acids is 2. The second-order valence-electron chi connectivity index (χ2n) is 6.10. The predicted molar refractivity (Wildman–Crippen MR) is 103 cm³/mol. The van der Waals surface area contributed by atoms with Crippen molar-refractivity contribution in [1.82, 2.24) is 14.1 Å². The van der Waals surface area contributed by atoms with Gasteiger partial charge in [0.2, 0.25) is 0 Å². The Hall–Kier alpha value is -3.68. The predicted octanol–water partition coefficient (Wildman–Crippen LogP) is 2.44. The highest BCUT2D eigenvalue weighted by Crippen LogP contribution is 2.22. The molecule has 0 unspecified atom stereocenters. The van der Waals surface area contributed by atoms with Crippen molar-refractivity contribution in [2.75, 3.05) is 0 Å². The first-order valence-corrected chi connectivity index (χ1v) is 8.46. The zero-order valence-electron chi connectivity index (χ0n) is 15.6. The molecule has 2 heterocycles. The maximum absolute atomic E-state index is 12.4. The number of ketones is 1. The van der Waals surface area contributed by atoms with E-state index in [0.717, 1.165) is 28.6 Å². The third kappa shape index (κ3) is 5.41. The van der Waals surface area contributed by atoms with Gasteiger partial charge >= 0.3 is 11.9 Å². The Labute approximate surface area is 161 Å². The van der Waals surface area contributed by atoms with Crippen LogP contribution in [0.3, 0.4) is 0 Å². The summed E-state index contributed by atoms with van der Waals surface area (Å²) >= 11 is 0. The van der Waals surface area contributed by atoms with Crippen molar-refractivity contribution in [3.63, 3.8) is 0 Å². The van der Waals surface area contributed by atoms with E-state index in [1.807, 2.05) is 59.9 Å². The molecule has 0 saturated heterocycles. The van der Waals surface area contributed by atoms with Crippen molar-refractivity contribution in [2.45, 2.75) is 12.8 Å². The molecule has 2 N–H and O–H groups in total. The van der Waals surface area contributed by atoms with Gasteiger partial charge in [0.25, 0.3) is 0 Å². The highest BCUT2D eigenvalue weighted by Gasteiger charge is 2.14. The van der Waals surface area contributed by atoms with Gasteiger partial charge in [-0.05, 0) is 12.5 Å². The summed E-state index contributed by atoms with van der Waals surface area (Å²) in [4.78, 5) is 35.6. The van der Waals surface area contributed by atoms with Crippen LogP contribution in [0.5, 0.6) is 0 Å². The molecule has 8 heteroatoms. The minimum Gasteiger partial charge on any atom is -0.478 e. The quantitative estimate of drug-likeness (QED) is 0.499. The van der Waals surface area contributed by atoms with Crippen LogP contribution in [0.15, 0.2) is 55.1 Å². The molecule has 1 aromatic carbocycles. The maximum atomic E-state index is 12.4. The van der Waals surface area contributed by atoms with Crippen molar-refractivity contribution in [3.8, 4) is 0 Å². The smallest absolute Gasteiger partial charge is 0.328 e. The van der Waals surface area contributed by atoms with E-state index in [0.29, 0.717) is 18.6 Å². The molecule has 0 saturated carbocycles. The van der Waals surface area contributed by atoms with Crippen molar-refractivity contribution in [1.29, 1.82) is 0 Å². The van der Waals surface area contributed by atoms with Crippen LogP contribution in [0.2, 0.25) is 0 Å². The number of carboxylic acids is 2. The Balaban J connectivity index is 0.000000300. The van der Waals surface area contributed by atoms with Crippen molar-refractivity contribution < 1.29 is 24.6 Å². The molecule has 0 bridgehead atoms. The zero-order valence-corrected chi connectivity index (χ0v) is 15.6. The molecule has 2 aromatic heterocycles. The number of fused-ring (bicyclic) bond motifs is 1. The molecule has 0 aliphatic rings. The first-order valence-electron chi connectivity index (χ1n) is 8.46. The molecule has 146 valence electrons. The summed E-state index contributed by atoms with van der Waals surface area (Å²) in [5, 5.41) is 16.7. The SMILES string of the molecule is Cn1cncc1CCC(=O)c1cn(C)c2ccccc12.O=C(O)C=CC(=O)O. The van der Waals surface area contributed by atoms with E-state index in [1.165, 1.54) is 0 Å². The number of carbonyl (C=O) groups is 3. The minimum absolute atomic E-state index is 0.183. The topological polar surface area (TPSA) is 114 Å². The zero-order chi connectivity index (χ0) is 20.7. The Bertz CT molecular complexity index is 1010. The van der Waals surface area contributed by atoms with Gasteiger partial charge in [-0.25, -0.2) is 14.6 Å². The number of para-hydroxylation sites is 1. The van der Waals surface area contributed by atoms with E-state index in [2.05, 4.69) is 4.98 Å². The summed E-state index contributed by atoms with van der Waals surface area (Å²) in [6.45, 7) is 0. The van der Waals surface area contributed by atoms with E-state index >= 15 is 0 Å². The lowest BCUT2D eigenvalue weighted by atomic mass is 10.0. The van der Waals surface area contributed by atoms with Crippen LogP contribution in [-0.4, -0.2) is 42.1 Å². The summed E-state index contributed by atoms with van der Waals surface area (Å²) in [5.74, 6) is -2.33. The number of hydrogen-bond donors (Lipinski definition) is 2. The molecule has 0 aliphatic heterocycles. The van der Waals surface area contributed by atoms with Gasteiger partial charge in [0, 0.05) is 67.2 Å². The average Bonchev–Trinajstić information content (AvgIpc) is 3.22. The number of Topliss-reactive ketones (excluding diaryl/α,β-unsaturated/α-hetero) is 1. The molecule has 0 spiro atoms. The summed E-state index contributed by atoms with van der Waals surface area (Å²) in [5.41, 5.74) is 2.99. The lowest BCUT2D eigenvalue weighted by molar-refractivity contribution is -0.134. The van der Waals surface area contributed by atoms with Crippen LogP contribution in [0.1, 0.15) is 22.5 Å². The molecule has 0 fully saturated rings. The van der Waals surface area contributed by atoms with Gasteiger partial charge in [-0.1, -0.05) is 18.2 Å². The Morgan fingerprint density at radius 3 is 2.25 bits per heavy atom. The molecular formula is C20H21N3O5. The van der Waals surface area contributed by atoms with Gasteiger partial charge in [0.1, 0.15) is 0 Å². The van der Waals surface area contributed by atoms with Crippen LogP contribution in [0, 0.1) is 0 Å². The van der Waals surface area contributed by atoms with Gasteiger partial charge in [0.05, 0.1) is 6.33 Å². The second kappa shape index (κ2) is 9.31. The van der Waals surface area contributed by atoms with Gasteiger partial charge in [-0.2, -0.15) is 0 Å². The number of carbonyl (C=O) groups excluding carboxylic acids is 1. The number of aromatic nitrogens is 3. The minimum atomic E-state index is -1.26. The Morgan fingerprint density at radius 1 is 1.04 bits per heavy atom. The molecule has 3 rings (SSSR count). The molecule has 0 atom stereocenters. The molecule has 3 aromatic rings. The fourth-order valence-electron chi connectivity index (χ4n) is 2.71. The van der Waals surface area contributed by atoms with Crippen LogP contribution in [0.4, 0.5) is 0 Å². The Kier molecular flexibility index (Phi) is 6.86. The second-order valence-corrected chi connectivity index (χ2v) is 6.10. The molecule has 0 radical (unpaired) electrons.